The molecule has 0 bridgehead atoms. The van der Waals surface area contributed by atoms with Crippen molar-refractivity contribution in [2.24, 2.45) is 5.14 Å². The van der Waals surface area contributed by atoms with Crippen molar-refractivity contribution in [2.45, 2.75) is 11.4 Å². The number of benzene rings is 2. The fourth-order valence-electron chi connectivity index (χ4n) is 1.95. The van der Waals surface area contributed by atoms with Crippen LogP contribution in [0.15, 0.2) is 69.7 Å². The van der Waals surface area contributed by atoms with Crippen LogP contribution in [0.25, 0.3) is 0 Å². The molecule has 0 spiro atoms. The molecule has 2 aromatic carbocycles. The maximum absolute atomic E-state index is 12.1. The van der Waals surface area contributed by atoms with E-state index in [4.69, 9.17) is 10.4 Å². The number of anilines is 1. The first-order valence-corrected chi connectivity index (χ1v) is 9.66. The van der Waals surface area contributed by atoms with Gasteiger partial charge in [0, 0.05) is 22.9 Å². The Morgan fingerprint density at radius 2 is 1.77 bits per heavy atom. The van der Waals surface area contributed by atoms with Crippen molar-refractivity contribution in [3.8, 4) is 6.07 Å². The van der Waals surface area contributed by atoms with Gasteiger partial charge in [0.2, 0.25) is 10.0 Å². The summed E-state index contributed by atoms with van der Waals surface area (Å²) in [6.45, 7) is 0.453. The minimum atomic E-state index is -3.80. The predicted molar refractivity (Wildman–Crippen MR) is 101 cm³/mol. The van der Waals surface area contributed by atoms with Crippen molar-refractivity contribution in [3.63, 3.8) is 0 Å². The highest BCUT2D eigenvalue weighted by Crippen LogP contribution is 2.14. The summed E-state index contributed by atoms with van der Waals surface area (Å²) in [6, 6.07) is 14.7. The Hall–Kier alpha value is -2.67. The normalized spacial score (nSPS) is 11.5. The second kappa shape index (κ2) is 8.62. The van der Waals surface area contributed by atoms with Gasteiger partial charge in [-0.25, -0.2) is 13.6 Å². The van der Waals surface area contributed by atoms with Gasteiger partial charge in [0.15, 0.2) is 0 Å². The summed E-state index contributed by atoms with van der Waals surface area (Å²) < 4.78 is 23.4. The third-order valence-corrected chi connectivity index (χ3v) is 4.73. The quantitative estimate of drug-likeness (QED) is 0.474. The first kappa shape index (κ1) is 19.7. The number of primary sulfonamides is 1. The lowest BCUT2D eigenvalue weighted by atomic mass is 10.2. The van der Waals surface area contributed by atoms with Crippen LogP contribution in [0.5, 0.6) is 0 Å². The third-order valence-electron chi connectivity index (χ3n) is 3.27. The standard InChI is InChI=1S/C17H15BrN4O3S/c18-14-3-1-12(2-4-14)10-21-11-13(9-19)17(23)22-15-5-7-16(8-6-15)26(20,24)25/h1-8,11,21H,10H2,(H,22,23)(H2,20,24,25)/b13-11-. The molecular weight excluding hydrogens is 420 g/mol. The van der Waals surface area contributed by atoms with Crippen molar-refractivity contribution in [2.75, 3.05) is 5.32 Å². The molecule has 0 aliphatic heterocycles. The first-order chi connectivity index (χ1) is 12.3. The molecule has 0 saturated heterocycles. The monoisotopic (exact) mass is 434 g/mol. The second-order valence-electron chi connectivity index (χ2n) is 5.20. The van der Waals surface area contributed by atoms with Crippen molar-refractivity contribution < 1.29 is 13.2 Å². The smallest absolute Gasteiger partial charge is 0.267 e. The molecule has 0 atom stereocenters. The van der Waals surface area contributed by atoms with E-state index in [1.54, 1.807) is 0 Å². The van der Waals surface area contributed by atoms with Crippen molar-refractivity contribution >= 4 is 37.5 Å². The summed E-state index contributed by atoms with van der Waals surface area (Å²) in [4.78, 5) is 12.1. The lowest BCUT2D eigenvalue weighted by Crippen LogP contribution is -2.17. The molecular formula is C17H15BrN4O3S. The first-order valence-electron chi connectivity index (χ1n) is 7.32. The topological polar surface area (TPSA) is 125 Å². The van der Waals surface area contributed by atoms with Crippen LogP contribution in [0, 0.1) is 11.3 Å². The van der Waals surface area contributed by atoms with E-state index in [9.17, 15) is 13.2 Å². The molecule has 4 N–H and O–H groups in total. The Kier molecular flexibility index (Phi) is 6.52. The summed E-state index contributed by atoms with van der Waals surface area (Å²) >= 11 is 3.35. The van der Waals surface area contributed by atoms with E-state index in [1.165, 1.54) is 30.5 Å². The number of nitriles is 1. The summed E-state index contributed by atoms with van der Waals surface area (Å²) in [7, 11) is -3.80. The zero-order valence-electron chi connectivity index (χ0n) is 13.4. The van der Waals surface area contributed by atoms with Crippen LogP contribution in [-0.4, -0.2) is 14.3 Å². The Balaban J connectivity index is 1.99. The van der Waals surface area contributed by atoms with E-state index in [1.807, 2.05) is 30.3 Å². The van der Waals surface area contributed by atoms with Crippen LogP contribution in [0.1, 0.15) is 5.56 Å². The Morgan fingerprint density at radius 1 is 1.15 bits per heavy atom. The second-order valence-corrected chi connectivity index (χ2v) is 7.68. The molecule has 0 fully saturated rings. The number of carbonyl (C=O) groups is 1. The van der Waals surface area contributed by atoms with Gasteiger partial charge in [-0.15, -0.1) is 0 Å². The molecule has 0 aliphatic rings. The molecule has 2 aromatic rings. The predicted octanol–water partition coefficient (Wildman–Crippen LogP) is 2.23. The molecule has 1 amide bonds. The molecule has 7 nitrogen and oxygen atoms in total. The van der Waals surface area contributed by atoms with Gasteiger partial charge in [-0.05, 0) is 42.0 Å². The van der Waals surface area contributed by atoms with Crippen molar-refractivity contribution in [1.29, 1.82) is 5.26 Å². The fourth-order valence-corrected chi connectivity index (χ4v) is 2.73. The zero-order valence-corrected chi connectivity index (χ0v) is 15.8. The summed E-state index contributed by atoms with van der Waals surface area (Å²) in [5.74, 6) is -0.612. The minimum absolute atomic E-state index is 0.0669. The lowest BCUT2D eigenvalue weighted by Gasteiger charge is -2.06. The number of nitrogens with zero attached hydrogens (tertiary/aromatic N) is 1. The molecule has 0 unspecified atom stereocenters. The number of carbonyl (C=O) groups excluding carboxylic acids is 1. The largest absolute Gasteiger partial charge is 0.386 e. The van der Waals surface area contributed by atoms with Gasteiger partial charge in [-0.2, -0.15) is 5.26 Å². The number of amides is 1. The van der Waals surface area contributed by atoms with Crippen LogP contribution in [0.3, 0.4) is 0 Å². The number of rotatable bonds is 6. The van der Waals surface area contributed by atoms with Gasteiger partial charge < -0.3 is 10.6 Å². The zero-order chi connectivity index (χ0) is 19.2. The summed E-state index contributed by atoms with van der Waals surface area (Å²) in [5, 5.41) is 19.6. The van der Waals surface area contributed by atoms with Crippen molar-refractivity contribution in [1.82, 2.24) is 5.32 Å². The van der Waals surface area contributed by atoms with Crippen molar-refractivity contribution in [3.05, 3.63) is 70.3 Å². The number of nitrogens with two attached hydrogens (primary N) is 1. The minimum Gasteiger partial charge on any atom is -0.386 e. The summed E-state index contributed by atoms with van der Waals surface area (Å²) in [5.41, 5.74) is 1.22. The molecule has 26 heavy (non-hydrogen) atoms. The molecule has 9 heteroatoms. The van der Waals surface area contributed by atoms with Gasteiger partial charge in [0.25, 0.3) is 5.91 Å². The molecule has 0 heterocycles. The van der Waals surface area contributed by atoms with E-state index in [-0.39, 0.29) is 10.5 Å². The highest BCUT2D eigenvalue weighted by atomic mass is 79.9. The van der Waals surface area contributed by atoms with Crippen LogP contribution in [0.2, 0.25) is 0 Å². The molecule has 0 radical (unpaired) electrons. The number of sulfonamides is 1. The number of halogens is 1. The van der Waals surface area contributed by atoms with Crippen LogP contribution >= 0.6 is 15.9 Å². The Morgan fingerprint density at radius 3 is 2.31 bits per heavy atom. The van der Waals surface area contributed by atoms with E-state index in [0.717, 1.165) is 10.0 Å². The molecule has 0 aromatic heterocycles. The van der Waals surface area contributed by atoms with Crippen LogP contribution < -0.4 is 15.8 Å². The molecule has 2 rings (SSSR count). The number of hydrogen-bond donors (Lipinski definition) is 3. The van der Waals surface area contributed by atoms with Gasteiger partial charge in [-0.1, -0.05) is 28.1 Å². The average Bonchev–Trinajstić information content (AvgIpc) is 2.60. The highest BCUT2D eigenvalue weighted by Gasteiger charge is 2.11. The maximum Gasteiger partial charge on any atom is 0.267 e. The Bertz CT molecular complexity index is 963. The van der Waals surface area contributed by atoms with E-state index >= 15 is 0 Å². The summed E-state index contributed by atoms with van der Waals surface area (Å²) in [6.07, 6.45) is 1.33. The lowest BCUT2D eigenvalue weighted by molar-refractivity contribution is -0.112. The van der Waals surface area contributed by atoms with Gasteiger partial charge >= 0.3 is 0 Å². The third kappa shape index (κ3) is 5.70. The average molecular weight is 435 g/mol. The van der Waals surface area contributed by atoms with Gasteiger partial charge in [-0.3, -0.25) is 4.79 Å². The fraction of sp³-hybridized carbons (Fsp3) is 0.0588. The number of nitrogens with one attached hydrogen (secondary N) is 2. The van der Waals surface area contributed by atoms with Crippen LogP contribution in [0.4, 0.5) is 5.69 Å². The SMILES string of the molecule is N#C/C(=C/NCc1ccc(Br)cc1)C(=O)Nc1ccc(S(N)(=O)=O)cc1. The van der Waals surface area contributed by atoms with Gasteiger partial charge in [0.1, 0.15) is 11.6 Å². The molecule has 134 valence electrons. The number of hydrogen-bond acceptors (Lipinski definition) is 5. The van der Waals surface area contributed by atoms with Crippen LogP contribution in [-0.2, 0) is 21.4 Å². The van der Waals surface area contributed by atoms with Gasteiger partial charge in [0.05, 0.1) is 4.90 Å². The highest BCUT2D eigenvalue weighted by molar-refractivity contribution is 9.10. The molecule has 0 saturated carbocycles. The maximum atomic E-state index is 12.1. The van der Waals surface area contributed by atoms with E-state index < -0.39 is 15.9 Å². The Labute approximate surface area is 159 Å². The molecule has 0 aliphatic carbocycles. The van der Waals surface area contributed by atoms with E-state index in [0.29, 0.717) is 12.2 Å². The van der Waals surface area contributed by atoms with E-state index in [2.05, 4.69) is 26.6 Å².